The molecule has 248 valence electrons. The van der Waals surface area contributed by atoms with Crippen LogP contribution in [0.25, 0.3) is 80.3 Å². The Balaban J connectivity index is 1.09. The molecule has 0 spiro atoms. The number of hydrogen-bond acceptors (Lipinski definition) is 2. The van der Waals surface area contributed by atoms with E-state index in [0.717, 1.165) is 17.1 Å². The van der Waals surface area contributed by atoms with Crippen LogP contribution in [0.2, 0.25) is 0 Å². The maximum Gasteiger partial charge on any atom is 0.0640 e. The topological polar surface area (TPSA) is 8.17 Å². The number of rotatable bonds is 5. The van der Waals surface area contributed by atoms with Gasteiger partial charge >= 0.3 is 0 Å². The number of hydrogen-bond donors (Lipinski definition) is 0. The number of aromatic nitrogens is 1. The maximum absolute atomic E-state index is 2.42. The molecule has 3 heteroatoms. The van der Waals surface area contributed by atoms with Gasteiger partial charge in [-0.3, -0.25) is 0 Å². The highest BCUT2D eigenvalue weighted by molar-refractivity contribution is 7.26. The molecule has 0 saturated carbocycles. The minimum atomic E-state index is 1.11. The first-order chi connectivity index (χ1) is 26.3. The molecule has 53 heavy (non-hydrogen) atoms. The van der Waals surface area contributed by atoms with E-state index in [-0.39, 0.29) is 0 Å². The van der Waals surface area contributed by atoms with E-state index in [4.69, 9.17) is 0 Å². The summed E-state index contributed by atoms with van der Waals surface area (Å²) in [4.78, 5) is 2.42. The lowest BCUT2D eigenvalue weighted by Crippen LogP contribution is -2.10. The standard InChI is InChI=1S/C50H32N2S/c1-3-14-39-33(11-1)13-9-18-40(39)35-23-26-36(27-24-35)51(47-21-10-19-43-42-16-6-8-22-48(42)53-50(43)47)37-28-30-38(31-29-37)52-45-20-7-5-17-44(45)49-41-15-4-2-12-34(41)25-32-46(49)52/h1-32H. The van der Waals surface area contributed by atoms with Gasteiger partial charge in [0.15, 0.2) is 0 Å². The Labute approximate surface area is 311 Å². The molecular weight excluding hydrogens is 661 g/mol. The van der Waals surface area contributed by atoms with E-state index in [1.807, 2.05) is 11.3 Å². The maximum atomic E-state index is 2.42. The number of nitrogens with zero attached hydrogens (tertiary/aromatic N) is 2. The van der Waals surface area contributed by atoms with Crippen LogP contribution in [-0.4, -0.2) is 4.57 Å². The molecule has 0 amide bonds. The summed E-state index contributed by atoms with van der Waals surface area (Å²) in [6.07, 6.45) is 0. The molecule has 11 aromatic rings. The van der Waals surface area contributed by atoms with Crippen molar-refractivity contribution in [1.82, 2.24) is 4.57 Å². The third-order valence-electron chi connectivity index (χ3n) is 10.8. The molecule has 0 fully saturated rings. The largest absolute Gasteiger partial charge is 0.309 e. The average molecular weight is 693 g/mol. The van der Waals surface area contributed by atoms with Crippen molar-refractivity contribution in [2.24, 2.45) is 0 Å². The van der Waals surface area contributed by atoms with Crippen LogP contribution in [0.3, 0.4) is 0 Å². The van der Waals surface area contributed by atoms with Gasteiger partial charge in [-0.2, -0.15) is 0 Å². The summed E-state index contributed by atoms with van der Waals surface area (Å²) >= 11 is 1.87. The van der Waals surface area contributed by atoms with Crippen molar-refractivity contribution in [2.75, 3.05) is 4.90 Å². The van der Waals surface area contributed by atoms with Crippen molar-refractivity contribution in [1.29, 1.82) is 0 Å². The highest BCUT2D eigenvalue weighted by Gasteiger charge is 2.20. The van der Waals surface area contributed by atoms with Crippen molar-refractivity contribution < 1.29 is 0 Å². The molecule has 0 atom stereocenters. The summed E-state index contributed by atoms with van der Waals surface area (Å²) in [5, 5.41) is 10.2. The van der Waals surface area contributed by atoms with Crippen LogP contribution in [0.1, 0.15) is 0 Å². The Kier molecular flexibility index (Phi) is 6.76. The van der Waals surface area contributed by atoms with Crippen molar-refractivity contribution in [3.8, 4) is 16.8 Å². The minimum absolute atomic E-state index is 1.11. The zero-order valence-corrected chi connectivity index (χ0v) is 29.6. The lowest BCUT2D eigenvalue weighted by Gasteiger charge is -2.26. The van der Waals surface area contributed by atoms with Crippen LogP contribution in [0.4, 0.5) is 17.1 Å². The molecule has 0 aliphatic rings. The zero-order chi connectivity index (χ0) is 34.9. The summed E-state index contributed by atoms with van der Waals surface area (Å²) < 4.78 is 5.00. The summed E-state index contributed by atoms with van der Waals surface area (Å²) in [6.45, 7) is 0. The highest BCUT2D eigenvalue weighted by Crippen LogP contribution is 2.45. The van der Waals surface area contributed by atoms with Crippen LogP contribution < -0.4 is 4.90 Å². The smallest absolute Gasteiger partial charge is 0.0640 e. The van der Waals surface area contributed by atoms with Crippen molar-refractivity contribution >= 4 is 91.9 Å². The average Bonchev–Trinajstić information content (AvgIpc) is 3.78. The molecule has 11 rings (SSSR count). The van der Waals surface area contributed by atoms with E-state index >= 15 is 0 Å². The SMILES string of the molecule is c1ccc2c(-c3ccc(N(c4ccc(-n5c6ccccc6c6c7ccccc7ccc65)cc4)c4cccc5c4sc4ccccc45)cc3)cccc2c1. The number of thiophene rings is 1. The van der Waals surface area contributed by atoms with Crippen molar-refractivity contribution in [3.05, 3.63) is 194 Å². The zero-order valence-electron chi connectivity index (χ0n) is 28.8. The van der Waals surface area contributed by atoms with Crippen LogP contribution in [0, 0.1) is 0 Å². The quantitative estimate of drug-likeness (QED) is 0.174. The van der Waals surface area contributed by atoms with Gasteiger partial charge in [-0.1, -0.05) is 133 Å². The first-order valence-electron chi connectivity index (χ1n) is 18.1. The Hall–Kier alpha value is -6.68. The Bertz CT molecular complexity index is 3160. The fourth-order valence-corrected chi connectivity index (χ4v) is 9.58. The normalized spacial score (nSPS) is 11.8. The molecule has 0 aliphatic heterocycles. The second kappa shape index (κ2) is 11.9. The molecule has 9 aromatic carbocycles. The van der Waals surface area contributed by atoms with E-state index in [9.17, 15) is 0 Å². The fourth-order valence-electron chi connectivity index (χ4n) is 8.37. The predicted octanol–water partition coefficient (Wildman–Crippen LogP) is 14.6. The molecule has 0 N–H and O–H groups in total. The highest BCUT2D eigenvalue weighted by atomic mass is 32.1. The monoisotopic (exact) mass is 692 g/mol. The van der Waals surface area contributed by atoms with Gasteiger partial charge < -0.3 is 9.47 Å². The molecule has 2 aromatic heterocycles. The second-order valence-corrected chi connectivity index (χ2v) is 14.8. The number of anilines is 3. The lowest BCUT2D eigenvalue weighted by atomic mass is 9.98. The Morgan fingerprint density at radius 1 is 0.396 bits per heavy atom. The first kappa shape index (κ1) is 30.0. The lowest BCUT2D eigenvalue weighted by molar-refractivity contribution is 1.17. The van der Waals surface area contributed by atoms with E-state index in [0.29, 0.717) is 0 Å². The van der Waals surface area contributed by atoms with Gasteiger partial charge in [0.25, 0.3) is 0 Å². The Morgan fingerprint density at radius 3 is 1.81 bits per heavy atom. The van der Waals surface area contributed by atoms with Crippen molar-refractivity contribution in [2.45, 2.75) is 0 Å². The van der Waals surface area contributed by atoms with Gasteiger partial charge in [0.05, 0.1) is 21.4 Å². The molecular formula is C50H32N2S. The number of benzene rings is 9. The second-order valence-electron chi connectivity index (χ2n) is 13.7. The summed E-state index contributed by atoms with van der Waals surface area (Å²) in [7, 11) is 0. The van der Waals surface area contributed by atoms with E-state index < -0.39 is 0 Å². The van der Waals surface area contributed by atoms with Crippen molar-refractivity contribution in [3.63, 3.8) is 0 Å². The minimum Gasteiger partial charge on any atom is -0.309 e. The van der Waals surface area contributed by atoms with Gasteiger partial charge in [-0.25, -0.2) is 0 Å². The predicted molar refractivity (Wildman–Crippen MR) is 229 cm³/mol. The summed E-state index contributed by atoms with van der Waals surface area (Å²) in [5.41, 5.74) is 9.43. The summed E-state index contributed by atoms with van der Waals surface area (Å²) in [5.74, 6) is 0. The molecule has 2 nitrogen and oxygen atoms in total. The number of para-hydroxylation sites is 1. The van der Waals surface area contributed by atoms with E-state index in [1.165, 1.54) is 80.3 Å². The summed E-state index contributed by atoms with van der Waals surface area (Å²) in [6, 6.07) is 70.9. The number of fused-ring (bicyclic) bond motifs is 9. The van der Waals surface area contributed by atoms with Gasteiger partial charge in [0.1, 0.15) is 0 Å². The van der Waals surface area contributed by atoms with Crippen LogP contribution in [-0.2, 0) is 0 Å². The third-order valence-corrected chi connectivity index (χ3v) is 12.0. The molecule has 0 aliphatic carbocycles. The van der Waals surface area contributed by atoms with E-state index in [1.54, 1.807) is 0 Å². The van der Waals surface area contributed by atoms with Crippen LogP contribution in [0.15, 0.2) is 194 Å². The molecule has 0 bridgehead atoms. The van der Waals surface area contributed by atoms with Crippen LogP contribution >= 0.6 is 11.3 Å². The molecule has 2 heterocycles. The van der Waals surface area contributed by atoms with Crippen LogP contribution in [0.5, 0.6) is 0 Å². The van der Waals surface area contributed by atoms with Gasteiger partial charge in [-0.05, 0) is 93.3 Å². The molecule has 0 radical (unpaired) electrons. The third kappa shape index (κ3) is 4.71. The first-order valence-corrected chi connectivity index (χ1v) is 18.9. The fraction of sp³-hybridized carbons (Fsp3) is 0. The van der Waals surface area contributed by atoms with Gasteiger partial charge in [0.2, 0.25) is 0 Å². The van der Waals surface area contributed by atoms with E-state index in [2.05, 4.69) is 204 Å². The Morgan fingerprint density at radius 2 is 1.00 bits per heavy atom. The van der Waals surface area contributed by atoms with Gasteiger partial charge in [0, 0.05) is 43.3 Å². The van der Waals surface area contributed by atoms with Gasteiger partial charge in [-0.15, -0.1) is 11.3 Å². The molecule has 0 saturated heterocycles. The molecule has 0 unspecified atom stereocenters.